The smallest absolute Gasteiger partial charge is 0.274 e. The second-order valence-electron chi connectivity index (χ2n) is 9.13. The molecule has 1 aliphatic heterocycles. The maximum absolute atomic E-state index is 14.4. The van der Waals surface area contributed by atoms with Crippen molar-refractivity contribution >= 4 is 11.6 Å². The summed E-state index contributed by atoms with van der Waals surface area (Å²) in [6, 6.07) is 6.29. The fourth-order valence-electron chi connectivity index (χ4n) is 4.61. The molecule has 3 aromatic rings. The minimum atomic E-state index is -1.17. The van der Waals surface area contributed by atoms with Crippen LogP contribution in [-0.2, 0) is 4.74 Å². The molecule has 3 heterocycles. The zero-order chi connectivity index (χ0) is 25.0. The van der Waals surface area contributed by atoms with Gasteiger partial charge in [-0.05, 0) is 56.5 Å². The van der Waals surface area contributed by atoms with Crippen LogP contribution in [0.25, 0.3) is 11.3 Å². The normalized spacial score (nSPS) is 24.9. The van der Waals surface area contributed by atoms with E-state index in [1.165, 1.54) is 6.20 Å². The second kappa shape index (κ2) is 8.40. The first-order valence-corrected chi connectivity index (χ1v) is 11.1. The van der Waals surface area contributed by atoms with Gasteiger partial charge in [0.15, 0.2) is 0 Å². The van der Waals surface area contributed by atoms with Crippen molar-refractivity contribution in [3.05, 3.63) is 77.5 Å². The molecule has 0 bridgehead atoms. The van der Waals surface area contributed by atoms with Crippen LogP contribution in [0.15, 0.2) is 48.8 Å². The number of carbonyl (C=O) groups is 1. The van der Waals surface area contributed by atoms with Crippen LogP contribution >= 0.6 is 0 Å². The number of ether oxygens (including phenoxy) is 1. The molecule has 1 aliphatic carbocycles. The molecule has 5 rings (SSSR count). The Balaban J connectivity index is 1.44. The topological polar surface area (TPSA) is 110 Å². The number of nitrogens with two attached hydrogens (primary N) is 1. The summed E-state index contributed by atoms with van der Waals surface area (Å²) in [4.78, 5) is 21.0. The first-order chi connectivity index (χ1) is 16.6. The highest BCUT2D eigenvalue weighted by Crippen LogP contribution is 2.56. The molecule has 3 atom stereocenters. The molecule has 1 amide bonds. The Morgan fingerprint density at radius 1 is 1.14 bits per heavy atom. The highest BCUT2D eigenvalue weighted by atomic mass is 19.1. The van der Waals surface area contributed by atoms with Gasteiger partial charge in [0.2, 0.25) is 0 Å². The Hall–Kier alpha value is -3.34. The second-order valence-corrected chi connectivity index (χ2v) is 9.13. The van der Waals surface area contributed by atoms with Crippen molar-refractivity contribution in [2.75, 3.05) is 5.32 Å². The molecule has 1 spiro atoms. The molecule has 2 fully saturated rings. The van der Waals surface area contributed by atoms with Crippen LogP contribution in [0.1, 0.15) is 48.3 Å². The van der Waals surface area contributed by atoms with E-state index in [4.69, 9.17) is 10.5 Å². The zero-order valence-corrected chi connectivity index (χ0v) is 18.8. The lowest BCUT2D eigenvalue weighted by molar-refractivity contribution is -0.195. The maximum Gasteiger partial charge on any atom is 0.274 e. The highest BCUT2D eigenvalue weighted by molar-refractivity contribution is 6.03. The fraction of sp³-hybridized carbons (Fsp3) is 0.320. The summed E-state index contributed by atoms with van der Waals surface area (Å²) in [5.74, 6) is -3.71. The van der Waals surface area contributed by atoms with Crippen LogP contribution in [0.3, 0.4) is 0 Å². The lowest BCUT2D eigenvalue weighted by Gasteiger charge is -2.46. The third kappa shape index (κ3) is 3.97. The highest BCUT2D eigenvalue weighted by Gasteiger charge is 2.64. The Kier molecular flexibility index (Phi) is 5.62. The number of hydrogen-bond acceptors (Lipinski definition) is 6. The van der Waals surface area contributed by atoms with E-state index in [1.54, 1.807) is 19.2 Å². The van der Waals surface area contributed by atoms with Crippen LogP contribution in [0.4, 0.5) is 18.9 Å². The maximum atomic E-state index is 14.4. The molecule has 1 saturated heterocycles. The number of aliphatic hydroxyl groups is 1. The van der Waals surface area contributed by atoms with E-state index in [9.17, 15) is 23.1 Å². The van der Waals surface area contributed by atoms with Gasteiger partial charge in [-0.3, -0.25) is 9.78 Å². The molecule has 35 heavy (non-hydrogen) atoms. The average molecular weight is 484 g/mol. The first kappa shape index (κ1) is 23.4. The van der Waals surface area contributed by atoms with E-state index in [0.717, 1.165) is 30.3 Å². The molecule has 182 valence electrons. The van der Waals surface area contributed by atoms with E-state index in [1.807, 2.05) is 0 Å². The van der Waals surface area contributed by atoms with Gasteiger partial charge in [0.1, 0.15) is 34.4 Å². The lowest BCUT2D eigenvalue weighted by Crippen LogP contribution is -2.60. The third-order valence-corrected chi connectivity index (χ3v) is 6.91. The van der Waals surface area contributed by atoms with Gasteiger partial charge in [0.05, 0.1) is 29.2 Å². The Morgan fingerprint density at radius 3 is 2.54 bits per heavy atom. The van der Waals surface area contributed by atoms with Crippen LogP contribution in [0.5, 0.6) is 0 Å². The number of carbonyl (C=O) groups excluding carboxylic acids is 1. The van der Waals surface area contributed by atoms with Crippen LogP contribution in [0.2, 0.25) is 0 Å². The number of amides is 1. The number of nitrogens with one attached hydrogen (secondary N) is 1. The van der Waals surface area contributed by atoms with Gasteiger partial charge in [-0.1, -0.05) is 6.07 Å². The van der Waals surface area contributed by atoms with E-state index in [-0.39, 0.29) is 5.69 Å². The minimum absolute atomic E-state index is 0.248. The van der Waals surface area contributed by atoms with Crippen molar-refractivity contribution < 1.29 is 27.8 Å². The number of pyridine rings is 2. The molecule has 10 heteroatoms. The van der Waals surface area contributed by atoms with Gasteiger partial charge in [-0.15, -0.1) is 0 Å². The SMILES string of the molecule is C[C@]1(O)[C@H](N)C[C@H](c2ccncc2NC(=O)c2ccc(F)c(-c3c(F)cccc3F)n2)OC12CC2. The van der Waals surface area contributed by atoms with Gasteiger partial charge in [0.25, 0.3) is 5.91 Å². The summed E-state index contributed by atoms with van der Waals surface area (Å²) in [6.45, 7) is 1.67. The number of hydrogen-bond donors (Lipinski definition) is 3. The Morgan fingerprint density at radius 2 is 1.86 bits per heavy atom. The minimum Gasteiger partial charge on any atom is -0.386 e. The molecule has 2 aliphatic rings. The number of aromatic nitrogens is 2. The van der Waals surface area contributed by atoms with Crippen molar-refractivity contribution in [3.8, 4) is 11.3 Å². The van der Waals surface area contributed by atoms with Crippen molar-refractivity contribution in [2.45, 2.75) is 49.5 Å². The number of nitrogens with zero attached hydrogens (tertiary/aromatic N) is 2. The number of benzene rings is 1. The molecule has 0 radical (unpaired) electrons. The van der Waals surface area contributed by atoms with Crippen molar-refractivity contribution in [1.29, 1.82) is 0 Å². The van der Waals surface area contributed by atoms with Crippen molar-refractivity contribution in [1.82, 2.24) is 9.97 Å². The first-order valence-electron chi connectivity index (χ1n) is 11.1. The molecule has 4 N–H and O–H groups in total. The Bertz CT molecular complexity index is 1290. The monoisotopic (exact) mass is 484 g/mol. The number of anilines is 1. The van der Waals surface area contributed by atoms with E-state index < -0.39 is 58.0 Å². The Labute approximate surface area is 199 Å². The van der Waals surface area contributed by atoms with Crippen molar-refractivity contribution in [2.24, 2.45) is 5.73 Å². The summed E-state index contributed by atoms with van der Waals surface area (Å²) in [5.41, 5.74) is 3.76. The standard InChI is InChI=1S/C25H23F3N4O3/c1-24(34)20(29)11-19(35-25(24)8-9-25)13-7-10-30-12-18(13)32-23(33)17-6-5-16(28)22(31-17)21-14(26)3-2-4-15(21)27/h2-7,10,12,19-20,34H,8-9,11,29H2,1H3,(H,32,33)/t19-,20-,24+/m1/s1. The zero-order valence-electron chi connectivity index (χ0n) is 18.8. The van der Waals surface area contributed by atoms with Gasteiger partial charge >= 0.3 is 0 Å². The van der Waals surface area contributed by atoms with E-state index in [2.05, 4.69) is 15.3 Å². The summed E-state index contributed by atoms with van der Waals surface area (Å²) in [5, 5.41) is 13.5. The number of halogens is 3. The van der Waals surface area contributed by atoms with Crippen LogP contribution in [-0.4, -0.2) is 38.2 Å². The van der Waals surface area contributed by atoms with Gasteiger partial charge in [-0.2, -0.15) is 0 Å². The van der Waals surface area contributed by atoms with Gasteiger partial charge in [-0.25, -0.2) is 18.2 Å². The lowest BCUT2D eigenvalue weighted by atomic mass is 9.80. The van der Waals surface area contributed by atoms with Crippen molar-refractivity contribution in [3.63, 3.8) is 0 Å². The predicted octanol–water partition coefficient (Wildman–Crippen LogP) is 3.89. The van der Waals surface area contributed by atoms with E-state index in [0.29, 0.717) is 30.5 Å². The number of rotatable bonds is 4. The molecular formula is C25H23F3N4O3. The summed E-state index contributed by atoms with van der Waals surface area (Å²) >= 11 is 0. The fourth-order valence-corrected chi connectivity index (χ4v) is 4.61. The molecular weight excluding hydrogens is 461 g/mol. The molecule has 2 aromatic heterocycles. The van der Waals surface area contributed by atoms with Gasteiger partial charge < -0.3 is 20.9 Å². The third-order valence-electron chi connectivity index (χ3n) is 6.91. The summed E-state index contributed by atoms with van der Waals surface area (Å²) in [6.07, 6.45) is 4.12. The summed E-state index contributed by atoms with van der Waals surface area (Å²) < 4.78 is 49.1. The summed E-state index contributed by atoms with van der Waals surface area (Å²) in [7, 11) is 0. The largest absolute Gasteiger partial charge is 0.386 e. The van der Waals surface area contributed by atoms with Crippen LogP contribution in [0, 0.1) is 17.5 Å². The molecule has 0 unspecified atom stereocenters. The van der Waals surface area contributed by atoms with Gasteiger partial charge in [0, 0.05) is 17.8 Å². The molecule has 1 aromatic carbocycles. The molecule has 7 nitrogen and oxygen atoms in total. The quantitative estimate of drug-likeness (QED) is 0.518. The van der Waals surface area contributed by atoms with E-state index >= 15 is 0 Å². The average Bonchev–Trinajstić information content (AvgIpc) is 3.60. The molecule has 1 saturated carbocycles. The predicted molar refractivity (Wildman–Crippen MR) is 121 cm³/mol. The van der Waals surface area contributed by atoms with Crippen LogP contribution < -0.4 is 11.1 Å².